The summed E-state index contributed by atoms with van der Waals surface area (Å²) in [6, 6.07) is 1.85. The number of nitrogens with one attached hydrogen (secondary N) is 1. The molecule has 3 aliphatic rings. The fourth-order valence-electron chi connectivity index (χ4n) is 3.89. The molecule has 1 heteroatoms. The van der Waals surface area contributed by atoms with Gasteiger partial charge in [-0.25, -0.2) is 0 Å². The highest BCUT2D eigenvalue weighted by molar-refractivity contribution is 5.12. The van der Waals surface area contributed by atoms with Gasteiger partial charge in [-0.1, -0.05) is 25.7 Å². The second-order valence-corrected chi connectivity index (χ2v) is 5.00. The molecule has 2 aliphatic carbocycles. The largest absolute Gasteiger partial charge is 0.310 e. The first kappa shape index (κ1) is 7.37. The fourth-order valence-corrected chi connectivity index (χ4v) is 3.89. The summed E-state index contributed by atoms with van der Waals surface area (Å²) in [6.07, 6.45) is 12.0. The Morgan fingerprint density at radius 1 is 0.833 bits per heavy atom. The van der Waals surface area contributed by atoms with Gasteiger partial charge in [-0.3, -0.25) is 0 Å². The van der Waals surface area contributed by atoms with E-state index < -0.39 is 0 Å². The molecular weight excluding hydrogens is 146 g/mol. The molecule has 12 heavy (non-hydrogen) atoms. The average molecular weight is 165 g/mol. The topological polar surface area (TPSA) is 12.0 Å². The smallest absolute Gasteiger partial charge is 0.0141 e. The van der Waals surface area contributed by atoms with Gasteiger partial charge in [0.15, 0.2) is 0 Å². The Labute approximate surface area is 74.9 Å². The van der Waals surface area contributed by atoms with Gasteiger partial charge in [0.05, 0.1) is 0 Å². The van der Waals surface area contributed by atoms with Gasteiger partial charge in [0.25, 0.3) is 0 Å². The summed E-state index contributed by atoms with van der Waals surface area (Å²) in [7, 11) is 0. The summed E-state index contributed by atoms with van der Waals surface area (Å²) in [5.74, 6) is 0. The Kier molecular flexibility index (Phi) is 1.52. The van der Waals surface area contributed by atoms with E-state index in [1.54, 1.807) is 0 Å². The standard InChI is InChI=1S/C11H19N/c1-3-7-11-8-4-2-6-10(11)12-9(11)5-1/h9-10,12H,1-8H2. The van der Waals surface area contributed by atoms with Crippen LogP contribution in [0.25, 0.3) is 0 Å². The molecule has 0 bridgehead atoms. The van der Waals surface area contributed by atoms with Crippen molar-refractivity contribution in [3.63, 3.8) is 0 Å². The Balaban J connectivity index is 1.82. The van der Waals surface area contributed by atoms with E-state index >= 15 is 0 Å². The van der Waals surface area contributed by atoms with E-state index in [0.717, 1.165) is 17.5 Å². The predicted molar refractivity (Wildman–Crippen MR) is 50.1 cm³/mol. The summed E-state index contributed by atoms with van der Waals surface area (Å²) in [4.78, 5) is 0. The van der Waals surface area contributed by atoms with E-state index in [0.29, 0.717) is 0 Å². The summed E-state index contributed by atoms with van der Waals surface area (Å²) in [5.41, 5.74) is 0.802. The van der Waals surface area contributed by atoms with E-state index in [9.17, 15) is 0 Å². The molecule has 1 N–H and O–H groups in total. The molecule has 1 nitrogen and oxygen atoms in total. The second-order valence-electron chi connectivity index (χ2n) is 5.00. The van der Waals surface area contributed by atoms with Crippen molar-refractivity contribution < 1.29 is 0 Å². The van der Waals surface area contributed by atoms with Gasteiger partial charge < -0.3 is 5.32 Å². The van der Waals surface area contributed by atoms with Crippen LogP contribution in [0.4, 0.5) is 0 Å². The van der Waals surface area contributed by atoms with E-state index in [1.807, 2.05) is 0 Å². The summed E-state index contributed by atoms with van der Waals surface area (Å²) < 4.78 is 0. The molecule has 0 aromatic heterocycles. The molecule has 1 heterocycles. The zero-order valence-electron chi connectivity index (χ0n) is 7.81. The van der Waals surface area contributed by atoms with Crippen LogP contribution in [0.2, 0.25) is 0 Å². The Hall–Kier alpha value is -0.0400. The van der Waals surface area contributed by atoms with E-state index in [4.69, 9.17) is 0 Å². The lowest BCUT2D eigenvalue weighted by Gasteiger charge is -2.62. The highest BCUT2D eigenvalue weighted by Crippen LogP contribution is 2.53. The van der Waals surface area contributed by atoms with Crippen LogP contribution in [-0.4, -0.2) is 12.1 Å². The van der Waals surface area contributed by atoms with E-state index in [-0.39, 0.29) is 0 Å². The van der Waals surface area contributed by atoms with Crippen molar-refractivity contribution in [2.24, 2.45) is 5.41 Å². The second kappa shape index (κ2) is 2.47. The maximum absolute atomic E-state index is 3.77. The zero-order chi connectivity index (χ0) is 8.02. The maximum Gasteiger partial charge on any atom is 0.0141 e. The molecule has 3 rings (SSSR count). The number of hydrogen-bond acceptors (Lipinski definition) is 1. The normalized spacial score (nSPS) is 52.0. The third-order valence-electron chi connectivity index (χ3n) is 4.56. The maximum atomic E-state index is 3.77. The van der Waals surface area contributed by atoms with Crippen LogP contribution in [0, 0.1) is 5.41 Å². The molecule has 1 aliphatic heterocycles. The summed E-state index contributed by atoms with van der Waals surface area (Å²) in [5, 5.41) is 3.77. The van der Waals surface area contributed by atoms with Crippen LogP contribution in [0.3, 0.4) is 0 Å². The highest BCUT2D eigenvalue weighted by Gasteiger charge is 2.55. The van der Waals surface area contributed by atoms with Gasteiger partial charge in [0.2, 0.25) is 0 Å². The molecule has 1 spiro atoms. The van der Waals surface area contributed by atoms with Crippen LogP contribution in [0.1, 0.15) is 51.4 Å². The minimum Gasteiger partial charge on any atom is -0.310 e. The highest BCUT2D eigenvalue weighted by atomic mass is 15.1. The van der Waals surface area contributed by atoms with Gasteiger partial charge in [-0.15, -0.1) is 0 Å². The van der Waals surface area contributed by atoms with Crippen molar-refractivity contribution in [3.8, 4) is 0 Å². The monoisotopic (exact) mass is 165 g/mol. The van der Waals surface area contributed by atoms with Gasteiger partial charge in [0.1, 0.15) is 0 Å². The van der Waals surface area contributed by atoms with E-state index in [1.165, 1.54) is 51.4 Å². The quantitative estimate of drug-likeness (QED) is 0.581. The molecule has 2 saturated carbocycles. The summed E-state index contributed by atoms with van der Waals surface area (Å²) in [6.45, 7) is 0. The molecule has 2 atom stereocenters. The van der Waals surface area contributed by atoms with E-state index in [2.05, 4.69) is 5.32 Å². The van der Waals surface area contributed by atoms with Gasteiger partial charge in [0, 0.05) is 17.5 Å². The predicted octanol–water partition coefficient (Wildman–Crippen LogP) is 2.46. The molecule has 1 saturated heterocycles. The Bertz CT molecular complexity index is 167. The van der Waals surface area contributed by atoms with Crippen LogP contribution in [-0.2, 0) is 0 Å². The number of rotatable bonds is 0. The van der Waals surface area contributed by atoms with Gasteiger partial charge >= 0.3 is 0 Å². The summed E-state index contributed by atoms with van der Waals surface area (Å²) >= 11 is 0. The first-order valence-corrected chi connectivity index (χ1v) is 5.68. The third-order valence-corrected chi connectivity index (χ3v) is 4.56. The molecule has 0 aromatic rings. The van der Waals surface area contributed by atoms with Gasteiger partial charge in [-0.2, -0.15) is 0 Å². The molecule has 0 aromatic carbocycles. The molecule has 3 fully saturated rings. The Morgan fingerprint density at radius 2 is 1.42 bits per heavy atom. The molecule has 0 radical (unpaired) electrons. The van der Waals surface area contributed by atoms with Crippen molar-refractivity contribution in [3.05, 3.63) is 0 Å². The van der Waals surface area contributed by atoms with Crippen LogP contribution in [0.15, 0.2) is 0 Å². The average Bonchev–Trinajstić information content (AvgIpc) is 2.03. The zero-order valence-corrected chi connectivity index (χ0v) is 7.81. The first-order chi connectivity index (χ1) is 5.92. The van der Waals surface area contributed by atoms with Crippen LogP contribution in [0.5, 0.6) is 0 Å². The minimum absolute atomic E-state index is 0.802. The van der Waals surface area contributed by atoms with Crippen molar-refractivity contribution in [1.29, 1.82) is 0 Å². The molecule has 0 amide bonds. The lowest BCUT2D eigenvalue weighted by Crippen LogP contribution is -2.71. The lowest BCUT2D eigenvalue weighted by molar-refractivity contribution is -0.0571. The van der Waals surface area contributed by atoms with Crippen molar-refractivity contribution >= 4 is 0 Å². The molecule has 2 unspecified atom stereocenters. The number of hydrogen-bond donors (Lipinski definition) is 1. The lowest BCUT2D eigenvalue weighted by atomic mass is 9.54. The SMILES string of the molecule is C1CCC23CCCCC2NC3C1. The van der Waals surface area contributed by atoms with Crippen molar-refractivity contribution in [2.45, 2.75) is 63.5 Å². The third kappa shape index (κ3) is 0.783. The van der Waals surface area contributed by atoms with Crippen molar-refractivity contribution in [2.75, 3.05) is 0 Å². The van der Waals surface area contributed by atoms with Gasteiger partial charge in [-0.05, 0) is 25.7 Å². The van der Waals surface area contributed by atoms with Crippen molar-refractivity contribution in [1.82, 2.24) is 5.32 Å². The molecular formula is C11H19N. The molecule has 68 valence electrons. The fraction of sp³-hybridized carbons (Fsp3) is 1.00. The first-order valence-electron chi connectivity index (χ1n) is 5.68. The van der Waals surface area contributed by atoms with Crippen LogP contribution >= 0.6 is 0 Å². The van der Waals surface area contributed by atoms with Crippen LogP contribution < -0.4 is 5.32 Å². The minimum atomic E-state index is 0.802. The Morgan fingerprint density at radius 3 is 1.92 bits per heavy atom.